The van der Waals surface area contributed by atoms with Crippen LogP contribution in [0.1, 0.15) is 34.3 Å². The average Bonchev–Trinajstić information content (AvgIpc) is 3.09. The number of hydrogen-bond acceptors (Lipinski definition) is 3. The summed E-state index contributed by atoms with van der Waals surface area (Å²) in [6.45, 7) is 3.63. The maximum Gasteiger partial charge on any atom is 0.248 e. The van der Waals surface area contributed by atoms with E-state index in [4.69, 9.17) is 5.73 Å². The fourth-order valence-corrected chi connectivity index (χ4v) is 2.90. The number of nitrogens with two attached hydrogens (primary N) is 1. The molecule has 23 heavy (non-hydrogen) atoms. The minimum absolute atomic E-state index is 0.413. The van der Waals surface area contributed by atoms with Crippen molar-refractivity contribution in [3.05, 3.63) is 57.8 Å². The van der Waals surface area contributed by atoms with Crippen LogP contribution >= 0.6 is 11.3 Å². The molecule has 0 aliphatic heterocycles. The summed E-state index contributed by atoms with van der Waals surface area (Å²) < 4.78 is 0. The molecule has 1 aromatic carbocycles. The van der Waals surface area contributed by atoms with Crippen molar-refractivity contribution in [1.29, 1.82) is 0 Å². The molecule has 1 aromatic heterocycles. The summed E-state index contributed by atoms with van der Waals surface area (Å²) in [5.74, 6) is 0.769. The lowest BCUT2D eigenvalue weighted by molar-refractivity contribution is 0.100. The van der Waals surface area contributed by atoms with Gasteiger partial charge in [0.15, 0.2) is 5.96 Å². The maximum atomic E-state index is 11.0. The molecule has 1 atom stereocenters. The van der Waals surface area contributed by atoms with Crippen molar-refractivity contribution in [2.45, 2.75) is 19.4 Å². The van der Waals surface area contributed by atoms with Crippen LogP contribution in [-0.4, -0.2) is 25.5 Å². The highest BCUT2D eigenvalue weighted by Gasteiger charge is 2.07. The number of carbonyl (C=O) groups excluding carboxylic acids is 1. The molecule has 0 saturated carbocycles. The minimum atomic E-state index is -0.413. The first-order valence-corrected chi connectivity index (χ1v) is 8.39. The molecule has 1 heterocycles. The van der Waals surface area contributed by atoms with Crippen molar-refractivity contribution in [3.8, 4) is 0 Å². The number of carbonyl (C=O) groups is 1. The van der Waals surface area contributed by atoms with Crippen LogP contribution < -0.4 is 16.4 Å². The van der Waals surface area contributed by atoms with Crippen LogP contribution in [0.3, 0.4) is 0 Å². The quantitative estimate of drug-likeness (QED) is 0.562. The first-order chi connectivity index (χ1) is 11.1. The van der Waals surface area contributed by atoms with Gasteiger partial charge in [-0.15, -0.1) is 0 Å². The van der Waals surface area contributed by atoms with Gasteiger partial charge < -0.3 is 16.4 Å². The van der Waals surface area contributed by atoms with Crippen LogP contribution in [0.2, 0.25) is 0 Å². The number of nitrogens with one attached hydrogen (secondary N) is 2. The predicted molar refractivity (Wildman–Crippen MR) is 95.9 cm³/mol. The summed E-state index contributed by atoms with van der Waals surface area (Å²) in [5.41, 5.74) is 8.14. The minimum Gasteiger partial charge on any atom is -0.366 e. The van der Waals surface area contributed by atoms with E-state index in [9.17, 15) is 4.79 Å². The van der Waals surface area contributed by atoms with Crippen molar-refractivity contribution >= 4 is 23.2 Å². The van der Waals surface area contributed by atoms with Crippen molar-refractivity contribution < 1.29 is 4.79 Å². The fourth-order valence-electron chi connectivity index (χ4n) is 2.12. The van der Waals surface area contributed by atoms with E-state index in [1.54, 1.807) is 30.5 Å². The smallest absolute Gasteiger partial charge is 0.248 e. The zero-order valence-electron chi connectivity index (χ0n) is 13.4. The highest BCUT2D eigenvalue weighted by Crippen LogP contribution is 2.16. The van der Waals surface area contributed by atoms with Crippen molar-refractivity contribution in [2.24, 2.45) is 10.7 Å². The van der Waals surface area contributed by atoms with Gasteiger partial charge in [-0.2, -0.15) is 11.3 Å². The molecule has 0 radical (unpaired) electrons. The zero-order valence-corrected chi connectivity index (χ0v) is 14.2. The molecule has 0 aliphatic carbocycles. The van der Waals surface area contributed by atoms with Crippen LogP contribution in [0.25, 0.3) is 0 Å². The third kappa shape index (κ3) is 5.10. The van der Waals surface area contributed by atoms with E-state index in [0.717, 1.165) is 18.1 Å². The lowest BCUT2D eigenvalue weighted by Crippen LogP contribution is -2.38. The van der Waals surface area contributed by atoms with Crippen LogP contribution in [0.15, 0.2) is 46.1 Å². The van der Waals surface area contributed by atoms with E-state index in [2.05, 4.69) is 39.4 Å². The zero-order chi connectivity index (χ0) is 16.7. The number of aliphatic imine (C=N–C) groups is 1. The van der Waals surface area contributed by atoms with Crippen LogP contribution in [0, 0.1) is 0 Å². The molecule has 0 spiro atoms. The normalized spacial score (nSPS) is 12.7. The standard InChI is InChI=1S/C17H22N4OS/c1-12(15-7-8-23-11-15)9-20-17(19-2)21-10-13-3-5-14(6-4-13)16(18)22/h3-8,11-12H,9-10H2,1-2H3,(H2,18,22)(H2,19,20,21). The maximum absolute atomic E-state index is 11.0. The Hall–Kier alpha value is -2.34. The number of thiophene rings is 1. The Balaban J connectivity index is 1.82. The largest absolute Gasteiger partial charge is 0.366 e. The molecule has 0 bridgehead atoms. The molecule has 122 valence electrons. The first kappa shape index (κ1) is 17.0. The van der Waals surface area contributed by atoms with Crippen LogP contribution in [0.5, 0.6) is 0 Å². The number of nitrogens with zero attached hydrogens (tertiary/aromatic N) is 1. The second-order valence-corrected chi connectivity index (χ2v) is 6.11. The van der Waals surface area contributed by atoms with E-state index in [1.807, 2.05) is 12.1 Å². The second kappa shape index (κ2) is 8.33. The third-order valence-electron chi connectivity index (χ3n) is 3.61. The number of hydrogen-bond donors (Lipinski definition) is 3. The number of amides is 1. The van der Waals surface area contributed by atoms with Gasteiger partial charge in [-0.25, -0.2) is 0 Å². The molecule has 5 nitrogen and oxygen atoms in total. The number of guanidine groups is 1. The Morgan fingerprint density at radius 3 is 2.57 bits per heavy atom. The van der Waals surface area contributed by atoms with Crippen LogP contribution in [-0.2, 0) is 6.54 Å². The summed E-state index contributed by atoms with van der Waals surface area (Å²) in [6, 6.07) is 9.37. The molecule has 0 saturated heterocycles. The summed E-state index contributed by atoms with van der Waals surface area (Å²) >= 11 is 1.71. The molecular formula is C17H22N4OS. The number of benzene rings is 1. The van der Waals surface area contributed by atoms with Gasteiger partial charge >= 0.3 is 0 Å². The summed E-state index contributed by atoms with van der Waals surface area (Å²) in [6.07, 6.45) is 0. The van der Waals surface area contributed by atoms with Gasteiger partial charge in [0.2, 0.25) is 5.91 Å². The third-order valence-corrected chi connectivity index (χ3v) is 4.31. The average molecular weight is 330 g/mol. The van der Waals surface area contributed by atoms with Gasteiger partial charge in [-0.1, -0.05) is 19.1 Å². The van der Waals surface area contributed by atoms with E-state index in [0.29, 0.717) is 18.0 Å². The fraction of sp³-hybridized carbons (Fsp3) is 0.294. The second-order valence-electron chi connectivity index (χ2n) is 5.33. The Kier molecular flexibility index (Phi) is 6.17. The SMILES string of the molecule is CN=C(NCc1ccc(C(N)=O)cc1)NCC(C)c1ccsc1. The number of rotatable bonds is 6. The first-order valence-electron chi connectivity index (χ1n) is 7.45. The highest BCUT2D eigenvalue weighted by molar-refractivity contribution is 7.07. The van der Waals surface area contributed by atoms with E-state index in [-0.39, 0.29) is 0 Å². The molecule has 0 fully saturated rings. The molecule has 6 heteroatoms. The molecule has 0 aliphatic rings. The van der Waals surface area contributed by atoms with Crippen molar-refractivity contribution in [2.75, 3.05) is 13.6 Å². The van der Waals surface area contributed by atoms with Gasteiger partial charge in [0.25, 0.3) is 0 Å². The number of primary amides is 1. The summed E-state index contributed by atoms with van der Waals surface area (Å²) in [7, 11) is 1.75. The topological polar surface area (TPSA) is 79.5 Å². The molecule has 1 amide bonds. The predicted octanol–water partition coefficient (Wildman–Crippen LogP) is 2.32. The van der Waals surface area contributed by atoms with Crippen molar-refractivity contribution in [3.63, 3.8) is 0 Å². The van der Waals surface area contributed by atoms with Gasteiger partial charge in [-0.05, 0) is 46.0 Å². The monoisotopic (exact) mass is 330 g/mol. The molecule has 1 unspecified atom stereocenters. The molecule has 2 rings (SSSR count). The summed E-state index contributed by atoms with van der Waals surface area (Å²) in [4.78, 5) is 15.3. The Morgan fingerprint density at radius 1 is 1.26 bits per heavy atom. The molecule has 4 N–H and O–H groups in total. The van der Waals surface area contributed by atoms with E-state index in [1.165, 1.54) is 5.56 Å². The van der Waals surface area contributed by atoms with Crippen LogP contribution in [0.4, 0.5) is 0 Å². The Morgan fingerprint density at radius 2 is 2.00 bits per heavy atom. The highest BCUT2D eigenvalue weighted by atomic mass is 32.1. The van der Waals surface area contributed by atoms with Gasteiger partial charge in [0.1, 0.15) is 0 Å². The lowest BCUT2D eigenvalue weighted by atomic mass is 10.1. The lowest BCUT2D eigenvalue weighted by Gasteiger charge is -2.15. The van der Waals surface area contributed by atoms with Gasteiger partial charge in [0, 0.05) is 25.7 Å². The van der Waals surface area contributed by atoms with Gasteiger partial charge in [0.05, 0.1) is 0 Å². The Bertz CT molecular complexity index is 650. The van der Waals surface area contributed by atoms with E-state index >= 15 is 0 Å². The summed E-state index contributed by atoms with van der Waals surface area (Å²) in [5, 5.41) is 10.8. The van der Waals surface area contributed by atoms with Gasteiger partial charge in [-0.3, -0.25) is 9.79 Å². The van der Waals surface area contributed by atoms with E-state index < -0.39 is 5.91 Å². The molecular weight excluding hydrogens is 308 g/mol. The Labute approximate surface area is 140 Å². The molecule has 2 aromatic rings. The van der Waals surface area contributed by atoms with Crippen molar-refractivity contribution in [1.82, 2.24) is 10.6 Å².